The van der Waals surface area contributed by atoms with Gasteiger partial charge in [-0.1, -0.05) is 0 Å². The highest BCUT2D eigenvalue weighted by Gasteiger charge is 1.95. The standard InChI is InChI=1S/C7H11N3O/c1-8-7(11)10-5-6-2-3-9-4-6/h2-4,9H,5H2,1H3,(H2,8,10,11). The number of amides is 2. The molecule has 0 saturated carbocycles. The van der Waals surface area contributed by atoms with Crippen LogP contribution in [-0.4, -0.2) is 18.1 Å². The first-order chi connectivity index (χ1) is 5.33. The second-order valence-corrected chi connectivity index (χ2v) is 2.15. The van der Waals surface area contributed by atoms with Crippen molar-refractivity contribution in [1.29, 1.82) is 0 Å². The zero-order valence-electron chi connectivity index (χ0n) is 6.35. The van der Waals surface area contributed by atoms with Crippen LogP contribution >= 0.6 is 0 Å². The molecule has 4 nitrogen and oxygen atoms in total. The molecule has 4 heteroatoms. The minimum atomic E-state index is -0.161. The van der Waals surface area contributed by atoms with Crippen molar-refractivity contribution in [2.45, 2.75) is 6.54 Å². The summed E-state index contributed by atoms with van der Waals surface area (Å²) >= 11 is 0. The SMILES string of the molecule is CNC(=O)NCc1cc[nH]c1. The highest BCUT2D eigenvalue weighted by Crippen LogP contribution is 1.93. The third kappa shape index (κ3) is 2.33. The Hall–Kier alpha value is -1.45. The summed E-state index contributed by atoms with van der Waals surface area (Å²) in [4.78, 5) is 13.6. The molecule has 1 aromatic heterocycles. The summed E-state index contributed by atoms with van der Waals surface area (Å²) in [5, 5.41) is 5.13. The normalized spacial score (nSPS) is 9.18. The minimum Gasteiger partial charge on any atom is -0.367 e. The van der Waals surface area contributed by atoms with Crippen LogP contribution in [0.2, 0.25) is 0 Å². The van der Waals surface area contributed by atoms with E-state index in [2.05, 4.69) is 15.6 Å². The summed E-state index contributed by atoms with van der Waals surface area (Å²) in [5.41, 5.74) is 1.06. The Kier molecular flexibility index (Phi) is 2.54. The first-order valence-corrected chi connectivity index (χ1v) is 3.40. The maximum Gasteiger partial charge on any atom is 0.314 e. The molecule has 0 spiro atoms. The van der Waals surface area contributed by atoms with Crippen LogP contribution in [-0.2, 0) is 6.54 Å². The summed E-state index contributed by atoms with van der Waals surface area (Å²) < 4.78 is 0. The van der Waals surface area contributed by atoms with Crippen molar-refractivity contribution in [3.63, 3.8) is 0 Å². The molecule has 0 unspecified atom stereocenters. The van der Waals surface area contributed by atoms with E-state index in [4.69, 9.17) is 0 Å². The third-order valence-electron chi connectivity index (χ3n) is 1.34. The van der Waals surface area contributed by atoms with E-state index in [0.717, 1.165) is 5.56 Å². The number of urea groups is 1. The van der Waals surface area contributed by atoms with E-state index in [-0.39, 0.29) is 6.03 Å². The van der Waals surface area contributed by atoms with Crippen molar-refractivity contribution in [1.82, 2.24) is 15.6 Å². The van der Waals surface area contributed by atoms with Gasteiger partial charge in [-0.15, -0.1) is 0 Å². The van der Waals surface area contributed by atoms with Crippen molar-refractivity contribution in [3.05, 3.63) is 24.0 Å². The first kappa shape index (κ1) is 7.65. The van der Waals surface area contributed by atoms with E-state index in [1.54, 1.807) is 7.05 Å². The van der Waals surface area contributed by atoms with Gasteiger partial charge >= 0.3 is 6.03 Å². The summed E-state index contributed by atoms with van der Waals surface area (Å²) in [6, 6.07) is 1.75. The fourth-order valence-corrected chi connectivity index (χ4v) is 0.739. The van der Waals surface area contributed by atoms with E-state index in [9.17, 15) is 4.79 Å². The molecule has 0 atom stereocenters. The van der Waals surface area contributed by atoms with Crippen LogP contribution in [0.5, 0.6) is 0 Å². The molecule has 2 amide bonds. The monoisotopic (exact) mass is 153 g/mol. The maximum atomic E-state index is 10.7. The number of carbonyl (C=O) groups is 1. The summed E-state index contributed by atoms with van der Waals surface area (Å²) in [6.45, 7) is 0.559. The highest BCUT2D eigenvalue weighted by atomic mass is 16.2. The molecular weight excluding hydrogens is 142 g/mol. The second kappa shape index (κ2) is 3.65. The molecule has 3 N–H and O–H groups in total. The van der Waals surface area contributed by atoms with Crippen molar-refractivity contribution >= 4 is 6.03 Å². The number of carbonyl (C=O) groups excluding carboxylic acids is 1. The second-order valence-electron chi connectivity index (χ2n) is 2.15. The fourth-order valence-electron chi connectivity index (χ4n) is 0.739. The van der Waals surface area contributed by atoms with Gasteiger partial charge < -0.3 is 15.6 Å². The molecule has 0 saturated heterocycles. The van der Waals surface area contributed by atoms with Crippen LogP contribution < -0.4 is 10.6 Å². The Morgan fingerprint density at radius 1 is 1.73 bits per heavy atom. The summed E-state index contributed by atoms with van der Waals surface area (Å²) in [5.74, 6) is 0. The Morgan fingerprint density at radius 2 is 2.55 bits per heavy atom. The summed E-state index contributed by atoms with van der Waals surface area (Å²) in [6.07, 6.45) is 3.66. The van der Waals surface area contributed by atoms with Crippen LogP contribution in [0, 0.1) is 0 Å². The van der Waals surface area contributed by atoms with Gasteiger partial charge in [0.15, 0.2) is 0 Å². The molecule has 0 radical (unpaired) electrons. The predicted octanol–water partition coefficient (Wildman–Crippen LogP) is 0.444. The van der Waals surface area contributed by atoms with E-state index in [0.29, 0.717) is 6.54 Å². The van der Waals surface area contributed by atoms with Gasteiger partial charge in [-0.05, 0) is 11.6 Å². The van der Waals surface area contributed by atoms with Gasteiger partial charge in [-0.2, -0.15) is 0 Å². The summed E-state index contributed by atoms with van der Waals surface area (Å²) in [7, 11) is 1.59. The lowest BCUT2D eigenvalue weighted by molar-refractivity contribution is 0.242. The van der Waals surface area contributed by atoms with E-state index in [1.165, 1.54) is 0 Å². The Labute approximate surface area is 65.0 Å². The first-order valence-electron chi connectivity index (χ1n) is 3.40. The number of rotatable bonds is 2. The van der Waals surface area contributed by atoms with Crippen LogP contribution in [0.15, 0.2) is 18.5 Å². The lowest BCUT2D eigenvalue weighted by Gasteiger charge is -2.00. The van der Waals surface area contributed by atoms with E-state index >= 15 is 0 Å². The molecule has 1 heterocycles. The Morgan fingerprint density at radius 3 is 3.09 bits per heavy atom. The molecule has 0 aliphatic heterocycles. The van der Waals surface area contributed by atoms with Crippen LogP contribution in [0.4, 0.5) is 4.79 Å². The van der Waals surface area contributed by atoms with Crippen LogP contribution in [0.25, 0.3) is 0 Å². The number of aromatic nitrogens is 1. The van der Waals surface area contributed by atoms with Gasteiger partial charge in [0.05, 0.1) is 0 Å². The number of aromatic amines is 1. The number of hydrogen-bond acceptors (Lipinski definition) is 1. The molecule has 1 rings (SSSR count). The predicted molar refractivity (Wildman–Crippen MR) is 42.1 cm³/mol. The van der Waals surface area contributed by atoms with Gasteiger partial charge in [0.25, 0.3) is 0 Å². The average molecular weight is 153 g/mol. The van der Waals surface area contributed by atoms with Gasteiger partial charge in [0.1, 0.15) is 0 Å². The molecule has 11 heavy (non-hydrogen) atoms. The Bertz CT molecular complexity index is 218. The maximum absolute atomic E-state index is 10.7. The molecular formula is C7H11N3O. The topological polar surface area (TPSA) is 56.9 Å². The van der Waals surface area contributed by atoms with Crippen molar-refractivity contribution < 1.29 is 4.79 Å². The molecule has 0 aliphatic carbocycles. The molecule has 1 aromatic rings. The van der Waals surface area contributed by atoms with Gasteiger partial charge in [0, 0.05) is 26.0 Å². The highest BCUT2D eigenvalue weighted by molar-refractivity contribution is 5.73. The lowest BCUT2D eigenvalue weighted by atomic mass is 10.3. The van der Waals surface area contributed by atoms with Gasteiger partial charge in [-0.25, -0.2) is 4.79 Å². The smallest absolute Gasteiger partial charge is 0.314 e. The van der Waals surface area contributed by atoms with Crippen LogP contribution in [0.3, 0.4) is 0 Å². The van der Waals surface area contributed by atoms with Crippen LogP contribution in [0.1, 0.15) is 5.56 Å². The number of nitrogens with one attached hydrogen (secondary N) is 3. The lowest BCUT2D eigenvalue weighted by Crippen LogP contribution is -2.31. The fraction of sp³-hybridized carbons (Fsp3) is 0.286. The van der Waals surface area contributed by atoms with Crippen molar-refractivity contribution in [2.24, 2.45) is 0 Å². The third-order valence-corrected chi connectivity index (χ3v) is 1.34. The van der Waals surface area contributed by atoms with Crippen molar-refractivity contribution in [3.8, 4) is 0 Å². The van der Waals surface area contributed by atoms with Gasteiger partial charge in [0.2, 0.25) is 0 Å². The molecule has 60 valence electrons. The quantitative estimate of drug-likeness (QED) is 0.567. The van der Waals surface area contributed by atoms with E-state index in [1.807, 2.05) is 18.5 Å². The zero-order valence-corrected chi connectivity index (χ0v) is 6.35. The zero-order chi connectivity index (χ0) is 8.10. The Balaban J connectivity index is 2.29. The minimum absolute atomic E-state index is 0.161. The molecule has 0 bridgehead atoms. The molecule has 0 fully saturated rings. The van der Waals surface area contributed by atoms with Gasteiger partial charge in [-0.3, -0.25) is 0 Å². The molecule has 0 aliphatic rings. The van der Waals surface area contributed by atoms with E-state index < -0.39 is 0 Å². The largest absolute Gasteiger partial charge is 0.367 e. The molecule has 0 aromatic carbocycles. The average Bonchev–Trinajstić information content (AvgIpc) is 2.52. The number of H-pyrrole nitrogens is 1. The number of hydrogen-bond donors (Lipinski definition) is 3. The van der Waals surface area contributed by atoms with Crippen molar-refractivity contribution in [2.75, 3.05) is 7.05 Å².